The van der Waals surface area contributed by atoms with E-state index in [1.165, 1.54) is 11.1 Å². The van der Waals surface area contributed by atoms with Gasteiger partial charge in [-0.05, 0) is 23.3 Å². The van der Waals surface area contributed by atoms with Crippen molar-refractivity contribution in [3.63, 3.8) is 0 Å². The molecule has 0 saturated carbocycles. The van der Waals surface area contributed by atoms with Crippen LogP contribution < -0.4 is 4.74 Å². The highest BCUT2D eigenvalue weighted by atomic mass is 79.9. The van der Waals surface area contributed by atoms with Crippen LogP contribution in [-0.2, 0) is 10.7 Å². The second-order valence-electron chi connectivity index (χ2n) is 2.46. The summed E-state index contributed by atoms with van der Waals surface area (Å²) in [5.41, 5.74) is 2.48. The van der Waals surface area contributed by atoms with Gasteiger partial charge in [0, 0.05) is 10.7 Å². The van der Waals surface area contributed by atoms with Crippen LogP contribution in [0.4, 0.5) is 0 Å². The Bertz CT molecular complexity index is 205. The molecule has 0 heterocycles. The Kier molecular flexibility index (Phi) is 4.09. The van der Waals surface area contributed by atoms with Gasteiger partial charge in [-0.2, -0.15) is 0 Å². The minimum Gasteiger partial charge on any atom is -0.497 e. The van der Waals surface area contributed by atoms with Gasteiger partial charge >= 0.3 is 0 Å². The fraction of sp³-hybridized carbons (Fsp3) is 0.333. The number of hydrogen-bond donors (Lipinski definition) is 0. The molecule has 0 N–H and O–H groups in total. The van der Waals surface area contributed by atoms with E-state index < -0.39 is 0 Å². The summed E-state index contributed by atoms with van der Waals surface area (Å²) in [6.45, 7) is 0. The Balaban J connectivity index is 3.01. The van der Waals surface area contributed by atoms with Crippen LogP contribution in [0.5, 0.6) is 5.75 Å². The quantitative estimate of drug-likeness (QED) is 0.775. The lowest BCUT2D eigenvalue weighted by Crippen LogP contribution is -1.88. The summed E-state index contributed by atoms with van der Waals surface area (Å²) < 4.78 is 5.16. The van der Waals surface area contributed by atoms with Crippen LogP contribution in [-0.4, -0.2) is 7.11 Å². The van der Waals surface area contributed by atoms with E-state index >= 15 is 0 Å². The maximum atomic E-state index is 5.16. The van der Waals surface area contributed by atoms with Crippen molar-refractivity contribution in [1.29, 1.82) is 0 Å². The zero-order valence-electron chi connectivity index (χ0n) is 6.81. The minimum absolute atomic E-state index is 0.865. The summed E-state index contributed by atoms with van der Waals surface area (Å²) in [4.78, 5) is 0. The molecule has 0 amide bonds. The summed E-state index contributed by atoms with van der Waals surface area (Å²) in [6, 6.07) is 6.20. The van der Waals surface area contributed by atoms with Gasteiger partial charge in [-0.15, -0.1) is 0 Å². The molecule has 0 bridgehead atoms. The fourth-order valence-electron chi connectivity index (χ4n) is 1.00. The van der Waals surface area contributed by atoms with E-state index in [0.717, 1.165) is 16.4 Å². The predicted molar refractivity (Wildman–Crippen MR) is 58.3 cm³/mol. The summed E-state index contributed by atoms with van der Waals surface area (Å²) >= 11 is 6.83. The number of alkyl halides is 2. The van der Waals surface area contributed by atoms with Gasteiger partial charge in [0.15, 0.2) is 0 Å². The highest BCUT2D eigenvalue weighted by Crippen LogP contribution is 2.20. The average molecular weight is 294 g/mol. The van der Waals surface area contributed by atoms with Gasteiger partial charge in [0.05, 0.1) is 7.11 Å². The van der Waals surface area contributed by atoms with Crippen LogP contribution in [0.1, 0.15) is 11.1 Å². The third kappa shape index (κ3) is 2.49. The Morgan fingerprint density at radius 2 is 1.58 bits per heavy atom. The average Bonchev–Trinajstić information content (AvgIpc) is 2.16. The molecule has 0 aromatic heterocycles. The Morgan fingerprint density at radius 1 is 1.08 bits per heavy atom. The molecule has 0 radical (unpaired) electrons. The number of ether oxygens (including phenoxy) is 1. The lowest BCUT2D eigenvalue weighted by atomic mass is 10.1. The van der Waals surface area contributed by atoms with Crippen molar-refractivity contribution in [3.05, 3.63) is 29.3 Å². The smallest absolute Gasteiger partial charge is 0.119 e. The highest BCUT2D eigenvalue weighted by molar-refractivity contribution is 9.08. The van der Waals surface area contributed by atoms with Crippen LogP contribution in [0.3, 0.4) is 0 Å². The van der Waals surface area contributed by atoms with E-state index in [1.54, 1.807) is 7.11 Å². The van der Waals surface area contributed by atoms with Crippen molar-refractivity contribution >= 4 is 31.9 Å². The van der Waals surface area contributed by atoms with E-state index in [1.807, 2.05) is 12.1 Å². The number of hydrogen-bond acceptors (Lipinski definition) is 1. The number of benzene rings is 1. The van der Waals surface area contributed by atoms with Gasteiger partial charge in [-0.3, -0.25) is 0 Å². The van der Waals surface area contributed by atoms with Gasteiger partial charge in [0.1, 0.15) is 5.75 Å². The SMILES string of the molecule is COc1cc(CBr)cc(CBr)c1. The standard InChI is InChI=1S/C9H10Br2O/c1-12-9-3-7(5-10)2-8(4-9)6-11/h2-4H,5-6H2,1H3. The number of rotatable bonds is 3. The van der Waals surface area contributed by atoms with Crippen LogP contribution in [0.25, 0.3) is 0 Å². The van der Waals surface area contributed by atoms with Crippen LogP contribution in [0.15, 0.2) is 18.2 Å². The van der Waals surface area contributed by atoms with E-state index in [2.05, 4.69) is 37.9 Å². The molecule has 3 heteroatoms. The summed E-state index contributed by atoms with van der Waals surface area (Å²) in [5.74, 6) is 0.918. The normalized spacial score (nSPS) is 9.92. The lowest BCUT2D eigenvalue weighted by molar-refractivity contribution is 0.414. The van der Waals surface area contributed by atoms with Gasteiger partial charge < -0.3 is 4.74 Å². The van der Waals surface area contributed by atoms with Gasteiger partial charge in [0.2, 0.25) is 0 Å². The molecule has 1 aromatic rings. The van der Waals surface area contributed by atoms with Crippen LogP contribution in [0.2, 0.25) is 0 Å². The second-order valence-corrected chi connectivity index (χ2v) is 3.58. The first-order chi connectivity index (χ1) is 5.80. The molecular formula is C9H10Br2O. The molecule has 0 atom stereocenters. The Labute approximate surface area is 89.4 Å². The van der Waals surface area contributed by atoms with E-state index in [9.17, 15) is 0 Å². The van der Waals surface area contributed by atoms with E-state index in [4.69, 9.17) is 4.74 Å². The van der Waals surface area contributed by atoms with E-state index in [0.29, 0.717) is 0 Å². The first-order valence-electron chi connectivity index (χ1n) is 3.59. The molecule has 0 saturated heterocycles. The van der Waals surface area contributed by atoms with Gasteiger partial charge in [-0.1, -0.05) is 37.9 Å². The summed E-state index contributed by atoms with van der Waals surface area (Å²) in [5, 5.41) is 1.73. The summed E-state index contributed by atoms with van der Waals surface area (Å²) in [6.07, 6.45) is 0. The third-order valence-electron chi connectivity index (χ3n) is 1.57. The summed E-state index contributed by atoms with van der Waals surface area (Å²) in [7, 11) is 1.69. The third-order valence-corrected chi connectivity index (χ3v) is 2.87. The van der Waals surface area contributed by atoms with E-state index in [-0.39, 0.29) is 0 Å². The largest absolute Gasteiger partial charge is 0.497 e. The Morgan fingerprint density at radius 3 is 1.92 bits per heavy atom. The maximum absolute atomic E-state index is 5.16. The molecule has 0 spiro atoms. The molecule has 1 aromatic carbocycles. The van der Waals surface area contributed by atoms with Crippen molar-refractivity contribution < 1.29 is 4.74 Å². The van der Waals surface area contributed by atoms with Crippen molar-refractivity contribution in [3.8, 4) is 5.75 Å². The number of methoxy groups -OCH3 is 1. The second kappa shape index (κ2) is 4.87. The molecule has 1 rings (SSSR count). The molecule has 0 fully saturated rings. The van der Waals surface area contributed by atoms with Crippen molar-refractivity contribution in [1.82, 2.24) is 0 Å². The molecule has 0 aliphatic heterocycles. The zero-order valence-corrected chi connectivity index (χ0v) is 9.98. The molecule has 0 aliphatic carbocycles. The zero-order chi connectivity index (χ0) is 8.97. The fourth-order valence-corrected chi connectivity index (χ4v) is 1.65. The molecule has 0 unspecified atom stereocenters. The predicted octanol–water partition coefficient (Wildman–Crippen LogP) is 3.49. The maximum Gasteiger partial charge on any atom is 0.119 e. The highest BCUT2D eigenvalue weighted by Gasteiger charge is 1.98. The van der Waals surface area contributed by atoms with Crippen LogP contribution >= 0.6 is 31.9 Å². The molecular weight excluding hydrogens is 284 g/mol. The Hall–Kier alpha value is -0.0200. The monoisotopic (exact) mass is 292 g/mol. The lowest BCUT2D eigenvalue weighted by Gasteiger charge is -2.04. The van der Waals surface area contributed by atoms with Crippen molar-refractivity contribution in [2.45, 2.75) is 10.7 Å². The van der Waals surface area contributed by atoms with Gasteiger partial charge in [0.25, 0.3) is 0 Å². The van der Waals surface area contributed by atoms with Crippen molar-refractivity contribution in [2.75, 3.05) is 7.11 Å². The van der Waals surface area contributed by atoms with Crippen LogP contribution in [0, 0.1) is 0 Å². The molecule has 1 nitrogen and oxygen atoms in total. The number of halogens is 2. The topological polar surface area (TPSA) is 9.23 Å². The molecule has 66 valence electrons. The molecule has 12 heavy (non-hydrogen) atoms. The minimum atomic E-state index is 0.865. The first kappa shape index (κ1) is 10.1. The van der Waals surface area contributed by atoms with Crippen molar-refractivity contribution in [2.24, 2.45) is 0 Å². The first-order valence-corrected chi connectivity index (χ1v) is 5.83. The van der Waals surface area contributed by atoms with Gasteiger partial charge in [-0.25, -0.2) is 0 Å². The molecule has 0 aliphatic rings.